The Kier molecular flexibility index (Phi) is 4.25. The fraction of sp³-hybridized carbons (Fsp3) is 0.333. The predicted octanol–water partition coefficient (Wildman–Crippen LogP) is 4.04. The number of nitrogens with zero attached hydrogens (tertiary/aromatic N) is 3. The first-order valence-electron chi connectivity index (χ1n) is 8.07. The van der Waals surface area contributed by atoms with Crippen molar-refractivity contribution in [2.45, 2.75) is 24.3 Å². The second-order valence-electron chi connectivity index (χ2n) is 6.18. The van der Waals surface area contributed by atoms with Crippen LogP contribution in [0.2, 0.25) is 5.02 Å². The van der Waals surface area contributed by atoms with E-state index in [9.17, 15) is 5.11 Å². The Morgan fingerprint density at radius 3 is 2.92 bits per heavy atom. The first-order chi connectivity index (χ1) is 12.1. The van der Waals surface area contributed by atoms with Gasteiger partial charge in [0.2, 0.25) is 0 Å². The minimum atomic E-state index is -0.136. The number of aromatic hydroxyl groups is 1. The highest BCUT2D eigenvalue weighted by Crippen LogP contribution is 2.50. The normalized spacial score (nSPS) is 25.0. The lowest BCUT2D eigenvalue weighted by Gasteiger charge is -2.28. The lowest BCUT2D eigenvalue weighted by Crippen LogP contribution is -2.28. The number of pyridine rings is 1. The van der Waals surface area contributed by atoms with E-state index in [1.807, 2.05) is 24.3 Å². The molecule has 1 aromatic carbocycles. The summed E-state index contributed by atoms with van der Waals surface area (Å²) in [4.78, 5) is 11.7. The van der Waals surface area contributed by atoms with Gasteiger partial charge in [0.15, 0.2) is 16.7 Å². The summed E-state index contributed by atoms with van der Waals surface area (Å²) in [6.45, 7) is 3.09. The van der Waals surface area contributed by atoms with Crippen LogP contribution >= 0.6 is 23.4 Å². The highest BCUT2D eigenvalue weighted by atomic mass is 35.5. The molecule has 0 radical (unpaired) electrons. The van der Waals surface area contributed by atoms with Crippen LogP contribution in [-0.4, -0.2) is 39.1 Å². The molecule has 0 aliphatic carbocycles. The van der Waals surface area contributed by atoms with E-state index in [2.05, 4.69) is 16.8 Å². The molecule has 3 heterocycles. The summed E-state index contributed by atoms with van der Waals surface area (Å²) < 4.78 is 5.29. The molecule has 2 aromatic rings. The number of phenols is 1. The molecule has 2 aliphatic heterocycles. The number of halogens is 1. The zero-order chi connectivity index (χ0) is 17.6. The summed E-state index contributed by atoms with van der Waals surface area (Å²) in [6, 6.07) is 9.00. The van der Waals surface area contributed by atoms with Crippen molar-refractivity contribution >= 4 is 28.5 Å². The van der Waals surface area contributed by atoms with Gasteiger partial charge in [-0.3, -0.25) is 9.98 Å². The Balaban J connectivity index is 1.83. The van der Waals surface area contributed by atoms with Crippen LogP contribution in [0.1, 0.15) is 30.3 Å². The summed E-state index contributed by atoms with van der Waals surface area (Å²) in [5.41, 5.74) is 1.80. The number of hydrogen-bond acceptors (Lipinski definition) is 6. The maximum Gasteiger partial charge on any atom is 0.160 e. The molecule has 7 heteroatoms. The van der Waals surface area contributed by atoms with E-state index in [-0.39, 0.29) is 17.8 Å². The standard InChI is InChI=1S/C18H18ClN3O2S/c1-10-9-22-17(11-7-15(24-2)14(23)8-12(11)19)16(21-18(22)25-10)13-5-3-4-6-20-13/h3-8,10,16-17,23H,9H2,1-2H3/t10-,16-,17+/m0/s1. The molecule has 0 spiro atoms. The molecule has 25 heavy (non-hydrogen) atoms. The molecule has 130 valence electrons. The van der Waals surface area contributed by atoms with Crippen molar-refractivity contribution in [3.8, 4) is 11.5 Å². The van der Waals surface area contributed by atoms with E-state index in [0.717, 1.165) is 23.0 Å². The molecule has 1 fully saturated rings. The van der Waals surface area contributed by atoms with Gasteiger partial charge in [-0.2, -0.15) is 0 Å². The zero-order valence-corrected chi connectivity index (χ0v) is 15.5. The molecule has 0 unspecified atom stereocenters. The van der Waals surface area contributed by atoms with Crippen LogP contribution in [0.5, 0.6) is 11.5 Å². The maximum atomic E-state index is 10.0. The highest BCUT2D eigenvalue weighted by Gasteiger charge is 2.44. The Morgan fingerprint density at radius 1 is 1.36 bits per heavy atom. The number of ether oxygens (including phenoxy) is 1. The number of hydrogen-bond donors (Lipinski definition) is 1. The Morgan fingerprint density at radius 2 is 2.20 bits per heavy atom. The van der Waals surface area contributed by atoms with Gasteiger partial charge in [-0.25, -0.2) is 0 Å². The van der Waals surface area contributed by atoms with Crippen molar-refractivity contribution in [1.82, 2.24) is 9.88 Å². The van der Waals surface area contributed by atoms with Crippen molar-refractivity contribution in [2.75, 3.05) is 13.7 Å². The minimum absolute atomic E-state index is 0.0361. The molecule has 1 N–H and O–H groups in total. The lowest BCUT2D eigenvalue weighted by molar-refractivity contribution is 0.318. The van der Waals surface area contributed by atoms with Crippen molar-refractivity contribution in [3.05, 3.63) is 52.8 Å². The van der Waals surface area contributed by atoms with Crippen molar-refractivity contribution < 1.29 is 9.84 Å². The van der Waals surface area contributed by atoms with Crippen LogP contribution in [0.3, 0.4) is 0 Å². The molecule has 3 atom stereocenters. The average molecular weight is 376 g/mol. The van der Waals surface area contributed by atoms with Crippen LogP contribution < -0.4 is 4.74 Å². The van der Waals surface area contributed by atoms with E-state index in [4.69, 9.17) is 21.3 Å². The molecular weight excluding hydrogens is 358 g/mol. The highest BCUT2D eigenvalue weighted by molar-refractivity contribution is 8.14. The van der Waals surface area contributed by atoms with Crippen LogP contribution in [-0.2, 0) is 0 Å². The van der Waals surface area contributed by atoms with Gasteiger partial charge in [-0.15, -0.1) is 0 Å². The summed E-state index contributed by atoms with van der Waals surface area (Å²) >= 11 is 8.27. The number of thioether (sulfide) groups is 1. The monoisotopic (exact) mass is 375 g/mol. The van der Waals surface area contributed by atoms with Gasteiger partial charge in [0.25, 0.3) is 0 Å². The summed E-state index contributed by atoms with van der Waals surface area (Å²) in [7, 11) is 1.54. The zero-order valence-electron chi connectivity index (χ0n) is 13.9. The van der Waals surface area contributed by atoms with E-state index >= 15 is 0 Å². The molecule has 2 aliphatic rings. The van der Waals surface area contributed by atoms with Crippen LogP contribution in [0, 0.1) is 0 Å². The molecule has 1 saturated heterocycles. The first-order valence-corrected chi connectivity index (χ1v) is 9.32. The SMILES string of the molecule is COc1cc([C@@H]2[C@H](c3ccccn3)N=C3S[C@@H](C)CN32)c(Cl)cc1O. The minimum Gasteiger partial charge on any atom is -0.504 e. The van der Waals surface area contributed by atoms with Gasteiger partial charge in [-0.05, 0) is 23.8 Å². The number of phenolic OH excluding ortho intramolecular Hbond substituents is 1. The number of benzene rings is 1. The van der Waals surface area contributed by atoms with E-state index in [1.54, 1.807) is 18.0 Å². The van der Waals surface area contributed by atoms with Crippen molar-refractivity contribution in [2.24, 2.45) is 4.99 Å². The Hall–Kier alpha value is -1.92. The third kappa shape index (κ3) is 2.83. The lowest BCUT2D eigenvalue weighted by atomic mass is 9.96. The fourth-order valence-electron chi connectivity index (χ4n) is 3.40. The second kappa shape index (κ2) is 6.42. The van der Waals surface area contributed by atoms with E-state index in [1.165, 1.54) is 13.2 Å². The van der Waals surface area contributed by atoms with E-state index in [0.29, 0.717) is 16.0 Å². The van der Waals surface area contributed by atoms with Gasteiger partial charge in [0.1, 0.15) is 6.04 Å². The number of amidine groups is 1. The van der Waals surface area contributed by atoms with Crippen LogP contribution in [0.25, 0.3) is 0 Å². The molecule has 5 nitrogen and oxygen atoms in total. The first kappa shape index (κ1) is 16.5. The number of fused-ring (bicyclic) bond motifs is 1. The average Bonchev–Trinajstić information content (AvgIpc) is 3.12. The van der Waals surface area contributed by atoms with E-state index < -0.39 is 0 Å². The Bertz CT molecular complexity index is 831. The predicted molar refractivity (Wildman–Crippen MR) is 101 cm³/mol. The maximum absolute atomic E-state index is 10.0. The number of methoxy groups -OCH3 is 1. The third-order valence-electron chi connectivity index (χ3n) is 4.50. The number of aliphatic imine (C=N–C) groups is 1. The number of rotatable bonds is 3. The quantitative estimate of drug-likeness (QED) is 0.877. The summed E-state index contributed by atoms with van der Waals surface area (Å²) in [5, 5.41) is 12.0. The Labute approximate surface area is 155 Å². The van der Waals surface area contributed by atoms with Gasteiger partial charge >= 0.3 is 0 Å². The fourth-order valence-corrected chi connectivity index (χ4v) is 4.77. The summed E-state index contributed by atoms with van der Waals surface area (Å²) in [6.07, 6.45) is 1.78. The van der Waals surface area contributed by atoms with Crippen molar-refractivity contribution in [3.63, 3.8) is 0 Å². The second-order valence-corrected chi connectivity index (χ2v) is 8.00. The van der Waals surface area contributed by atoms with Crippen LogP contribution in [0.4, 0.5) is 0 Å². The van der Waals surface area contributed by atoms with Gasteiger partial charge in [0.05, 0.1) is 18.8 Å². The molecule has 4 rings (SSSR count). The molecule has 0 bridgehead atoms. The molecule has 0 amide bonds. The summed E-state index contributed by atoms with van der Waals surface area (Å²) in [5.74, 6) is 0.446. The van der Waals surface area contributed by atoms with Gasteiger partial charge in [0, 0.05) is 29.1 Å². The molecular formula is C18H18ClN3O2S. The molecule has 1 aromatic heterocycles. The van der Waals surface area contributed by atoms with Gasteiger partial charge < -0.3 is 14.7 Å². The smallest absolute Gasteiger partial charge is 0.160 e. The topological polar surface area (TPSA) is 58.0 Å². The largest absolute Gasteiger partial charge is 0.504 e. The third-order valence-corrected chi connectivity index (χ3v) is 5.93. The molecule has 0 saturated carbocycles. The van der Waals surface area contributed by atoms with Gasteiger partial charge in [-0.1, -0.05) is 36.4 Å². The number of aromatic nitrogens is 1. The van der Waals surface area contributed by atoms with Crippen molar-refractivity contribution in [1.29, 1.82) is 0 Å². The van der Waals surface area contributed by atoms with Crippen LogP contribution in [0.15, 0.2) is 41.5 Å².